The molecule has 1 unspecified atom stereocenters. The molecule has 0 spiro atoms. The minimum absolute atomic E-state index is 0.209. The molecule has 0 fully saturated rings. The van der Waals surface area contributed by atoms with E-state index in [1.807, 2.05) is 0 Å². The summed E-state index contributed by atoms with van der Waals surface area (Å²) < 4.78 is 39.2. The van der Waals surface area contributed by atoms with Crippen molar-refractivity contribution in [2.24, 2.45) is 0 Å². The average molecular weight is 207 g/mol. The summed E-state index contributed by atoms with van der Waals surface area (Å²) in [4.78, 5) is 0. The molecule has 9 heavy (non-hydrogen) atoms. The summed E-state index contributed by atoms with van der Waals surface area (Å²) in [6.45, 7) is 1.16. The van der Waals surface area contributed by atoms with Crippen molar-refractivity contribution in [3.8, 4) is 0 Å². The second kappa shape index (κ2) is 3.41. The third-order valence-corrected chi connectivity index (χ3v) is 1.12. The molecule has 5 heteroatoms. The van der Waals surface area contributed by atoms with E-state index in [1.54, 1.807) is 0 Å². The molecule has 0 aliphatic carbocycles. The van der Waals surface area contributed by atoms with E-state index in [2.05, 4.69) is 20.7 Å². The monoisotopic (exact) mass is 206 g/mol. The summed E-state index contributed by atoms with van der Waals surface area (Å²) in [6.07, 6.45) is -3.70. The molecule has 0 aromatic rings. The molecule has 0 amide bonds. The van der Waals surface area contributed by atoms with Crippen molar-refractivity contribution in [3.63, 3.8) is 0 Å². The van der Waals surface area contributed by atoms with Crippen LogP contribution in [0.4, 0.5) is 13.2 Å². The van der Waals surface area contributed by atoms with E-state index in [4.69, 9.17) is 0 Å². The van der Waals surface area contributed by atoms with Crippen LogP contribution in [0.5, 0.6) is 0 Å². The first-order valence-electron chi connectivity index (χ1n) is 2.30. The SMILES string of the molecule is CCOC(F)(F)C(F)Br. The Morgan fingerprint density at radius 1 is 1.67 bits per heavy atom. The number of rotatable bonds is 3. The average Bonchev–Trinajstić information content (AvgIpc) is 1.65. The summed E-state index contributed by atoms with van der Waals surface area (Å²) in [6, 6.07) is 0. The zero-order valence-electron chi connectivity index (χ0n) is 4.70. The molecular weight excluding hydrogens is 201 g/mol. The number of halogens is 4. The highest BCUT2D eigenvalue weighted by molar-refractivity contribution is 9.09. The maximum absolute atomic E-state index is 11.9. The van der Waals surface area contributed by atoms with Gasteiger partial charge >= 0.3 is 6.11 Å². The van der Waals surface area contributed by atoms with Crippen molar-refractivity contribution in [2.75, 3.05) is 6.61 Å². The van der Waals surface area contributed by atoms with Gasteiger partial charge in [-0.3, -0.25) is 0 Å². The van der Waals surface area contributed by atoms with Crippen LogP contribution in [0.25, 0.3) is 0 Å². The second-order valence-corrected chi connectivity index (χ2v) is 2.10. The minimum Gasteiger partial charge on any atom is -0.318 e. The predicted octanol–water partition coefficient (Wildman–Crippen LogP) is 2.31. The molecule has 0 N–H and O–H groups in total. The number of alkyl halides is 4. The van der Waals surface area contributed by atoms with Crippen LogP contribution in [-0.2, 0) is 4.74 Å². The zero-order valence-corrected chi connectivity index (χ0v) is 6.29. The van der Waals surface area contributed by atoms with Gasteiger partial charge in [-0.15, -0.1) is 0 Å². The van der Waals surface area contributed by atoms with Crippen LogP contribution in [0, 0.1) is 0 Å². The summed E-state index contributed by atoms with van der Waals surface area (Å²) in [5.74, 6) is 0. The Morgan fingerprint density at radius 2 is 2.11 bits per heavy atom. The van der Waals surface area contributed by atoms with Gasteiger partial charge in [-0.05, 0) is 22.9 Å². The van der Waals surface area contributed by atoms with Gasteiger partial charge in [-0.2, -0.15) is 8.78 Å². The van der Waals surface area contributed by atoms with E-state index in [9.17, 15) is 13.2 Å². The molecule has 0 aliphatic rings. The van der Waals surface area contributed by atoms with Gasteiger partial charge < -0.3 is 4.74 Å². The molecule has 0 aliphatic heterocycles. The summed E-state index contributed by atoms with van der Waals surface area (Å²) >= 11 is 2.06. The van der Waals surface area contributed by atoms with Crippen LogP contribution in [-0.4, -0.2) is 17.8 Å². The number of hydrogen-bond donors (Lipinski definition) is 0. The fraction of sp³-hybridized carbons (Fsp3) is 1.00. The third kappa shape index (κ3) is 3.05. The van der Waals surface area contributed by atoms with E-state index in [0.29, 0.717) is 0 Å². The van der Waals surface area contributed by atoms with E-state index >= 15 is 0 Å². The lowest BCUT2D eigenvalue weighted by molar-refractivity contribution is -0.250. The van der Waals surface area contributed by atoms with Gasteiger partial charge in [0.15, 0.2) is 0 Å². The van der Waals surface area contributed by atoms with Crippen LogP contribution in [0.2, 0.25) is 0 Å². The van der Waals surface area contributed by atoms with Crippen molar-refractivity contribution in [1.82, 2.24) is 0 Å². The molecule has 0 radical (unpaired) electrons. The van der Waals surface area contributed by atoms with Gasteiger partial charge in [-0.25, -0.2) is 4.39 Å². The Hall–Kier alpha value is 0.230. The molecule has 0 heterocycles. The predicted molar refractivity (Wildman–Crippen MR) is 30.4 cm³/mol. The maximum atomic E-state index is 11.9. The van der Waals surface area contributed by atoms with E-state index in [0.717, 1.165) is 0 Å². The number of ether oxygens (including phenoxy) is 1. The first-order chi connectivity index (χ1) is 4.00. The first-order valence-corrected chi connectivity index (χ1v) is 3.22. The lowest BCUT2D eigenvalue weighted by atomic mass is 10.7. The molecule has 0 saturated heterocycles. The van der Waals surface area contributed by atoms with Crippen molar-refractivity contribution < 1.29 is 17.9 Å². The topological polar surface area (TPSA) is 9.23 Å². The van der Waals surface area contributed by atoms with Gasteiger partial charge in [0.1, 0.15) is 0 Å². The highest BCUT2D eigenvalue weighted by Gasteiger charge is 2.39. The molecule has 0 aromatic heterocycles. The molecule has 0 rings (SSSR count). The molecule has 1 nitrogen and oxygen atoms in total. The molecule has 56 valence electrons. The standard InChI is InChI=1S/C4H6BrF3O/c1-2-9-4(7,8)3(5)6/h3H,2H2,1H3. The highest BCUT2D eigenvalue weighted by atomic mass is 79.9. The van der Waals surface area contributed by atoms with Crippen molar-refractivity contribution in [3.05, 3.63) is 0 Å². The number of hydrogen-bond acceptors (Lipinski definition) is 1. The van der Waals surface area contributed by atoms with Crippen molar-refractivity contribution >= 4 is 15.9 Å². The third-order valence-electron chi connectivity index (χ3n) is 0.591. The Labute approximate surface area is 59.3 Å². The quantitative estimate of drug-likeness (QED) is 0.645. The minimum atomic E-state index is -3.70. The largest absolute Gasteiger partial charge is 0.396 e. The van der Waals surface area contributed by atoms with Crippen molar-refractivity contribution in [1.29, 1.82) is 0 Å². The fourth-order valence-electron chi connectivity index (χ4n) is 0.255. The van der Waals surface area contributed by atoms with Gasteiger partial charge in [0.25, 0.3) is 0 Å². The summed E-state index contributed by atoms with van der Waals surface area (Å²) in [7, 11) is 0. The van der Waals surface area contributed by atoms with E-state index in [-0.39, 0.29) is 6.61 Å². The van der Waals surface area contributed by atoms with Crippen LogP contribution in [0.1, 0.15) is 6.92 Å². The smallest absolute Gasteiger partial charge is 0.318 e. The Balaban J connectivity index is 3.70. The van der Waals surface area contributed by atoms with Gasteiger partial charge in [0.2, 0.25) is 5.08 Å². The van der Waals surface area contributed by atoms with Crippen LogP contribution < -0.4 is 0 Å². The molecule has 0 bridgehead atoms. The van der Waals surface area contributed by atoms with Crippen molar-refractivity contribution in [2.45, 2.75) is 18.1 Å². The lowest BCUT2D eigenvalue weighted by Crippen LogP contribution is -2.28. The highest BCUT2D eigenvalue weighted by Crippen LogP contribution is 2.26. The van der Waals surface area contributed by atoms with E-state index in [1.165, 1.54) is 6.92 Å². The molecular formula is C4H6BrF3O. The van der Waals surface area contributed by atoms with Crippen LogP contribution in [0.3, 0.4) is 0 Å². The first kappa shape index (κ1) is 9.23. The van der Waals surface area contributed by atoms with Crippen LogP contribution in [0.15, 0.2) is 0 Å². The maximum Gasteiger partial charge on any atom is 0.396 e. The molecule has 0 aromatic carbocycles. The lowest BCUT2D eigenvalue weighted by Gasteiger charge is -2.14. The molecule has 0 saturated carbocycles. The second-order valence-electron chi connectivity index (χ2n) is 1.30. The zero-order chi connectivity index (χ0) is 7.49. The van der Waals surface area contributed by atoms with Gasteiger partial charge in [0, 0.05) is 0 Å². The summed E-state index contributed by atoms with van der Waals surface area (Å²) in [5, 5.41) is -2.43. The van der Waals surface area contributed by atoms with Gasteiger partial charge in [-0.1, -0.05) is 0 Å². The Kier molecular flexibility index (Phi) is 3.50. The Morgan fingerprint density at radius 3 is 2.22 bits per heavy atom. The normalized spacial score (nSPS) is 15.7. The van der Waals surface area contributed by atoms with Crippen LogP contribution >= 0.6 is 15.9 Å². The Bertz CT molecular complexity index is 85.9. The van der Waals surface area contributed by atoms with Gasteiger partial charge in [0.05, 0.1) is 6.61 Å². The molecule has 1 atom stereocenters. The summed E-state index contributed by atoms with van der Waals surface area (Å²) in [5.41, 5.74) is 0. The fourth-order valence-corrected chi connectivity index (χ4v) is 0.388. The van der Waals surface area contributed by atoms with E-state index < -0.39 is 11.2 Å².